The Labute approximate surface area is 173 Å². The Morgan fingerprint density at radius 1 is 0.815 bits per heavy atom. The van der Waals surface area contributed by atoms with E-state index in [4.69, 9.17) is 0 Å². The van der Waals surface area contributed by atoms with Gasteiger partial charge in [0.05, 0.1) is 27.7 Å². The molecule has 1 aromatic carbocycles. The van der Waals surface area contributed by atoms with Gasteiger partial charge in [-0.3, -0.25) is 9.48 Å². The third kappa shape index (κ3) is 12.2. The number of hydrogen-bond donors (Lipinski definition) is 0. The van der Waals surface area contributed by atoms with Crippen molar-refractivity contribution in [2.45, 2.75) is 83.3 Å². The molecule has 154 valence electrons. The van der Waals surface area contributed by atoms with E-state index in [-0.39, 0.29) is 0 Å². The SMILES string of the molecule is CCCCCCCCCCCCCN(C)C(SCc1ccccc1)=[N+](C)C. The molecule has 0 amide bonds. The van der Waals surface area contributed by atoms with Crippen LogP contribution in [0.15, 0.2) is 30.3 Å². The zero-order valence-electron chi connectivity index (χ0n) is 18.4. The van der Waals surface area contributed by atoms with Crippen molar-refractivity contribution in [3.05, 3.63) is 35.9 Å². The second-order valence-corrected chi connectivity index (χ2v) is 8.85. The molecular weight excluding hydrogens is 348 g/mol. The number of thioether (sulfide) groups is 1. The predicted octanol–water partition coefficient (Wildman–Crippen LogP) is 6.79. The summed E-state index contributed by atoms with van der Waals surface area (Å²) in [6.07, 6.45) is 15.5. The normalized spacial score (nSPS) is 10.8. The highest BCUT2D eigenvalue weighted by Crippen LogP contribution is 2.16. The molecule has 0 atom stereocenters. The number of nitrogens with zero attached hydrogens (tertiary/aromatic N) is 2. The molecule has 0 aliphatic carbocycles. The van der Waals surface area contributed by atoms with Gasteiger partial charge in [0.15, 0.2) is 0 Å². The molecule has 0 spiro atoms. The van der Waals surface area contributed by atoms with Gasteiger partial charge >= 0.3 is 5.17 Å². The van der Waals surface area contributed by atoms with E-state index in [1.807, 2.05) is 11.8 Å². The highest BCUT2D eigenvalue weighted by Gasteiger charge is 2.16. The van der Waals surface area contributed by atoms with Crippen molar-refractivity contribution in [2.75, 3.05) is 27.7 Å². The standard InChI is InChI=1S/C24H43N2S/c1-5-6-7-8-9-10-11-12-13-14-18-21-26(4)24(25(2)3)27-22-23-19-16-15-17-20-23/h15-17,19-20H,5-14,18,21-22H2,1-4H3/q+1. The molecule has 0 fully saturated rings. The van der Waals surface area contributed by atoms with Crippen LogP contribution < -0.4 is 0 Å². The average molecular weight is 392 g/mol. The monoisotopic (exact) mass is 391 g/mol. The summed E-state index contributed by atoms with van der Waals surface area (Å²) < 4.78 is 2.26. The van der Waals surface area contributed by atoms with E-state index in [1.165, 1.54) is 81.4 Å². The van der Waals surface area contributed by atoms with Crippen molar-refractivity contribution in [1.82, 2.24) is 4.90 Å². The van der Waals surface area contributed by atoms with Crippen molar-refractivity contribution in [2.24, 2.45) is 0 Å². The first-order valence-electron chi connectivity index (χ1n) is 11.1. The first-order chi connectivity index (χ1) is 13.1. The fourth-order valence-corrected chi connectivity index (χ4v) is 4.47. The third-order valence-corrected chi connectivity index (χ3v) is 6.43. The molecule has 0 radical (unpaired) electrons. The smallest absolute Gasteiger partial charge is 0.262 e. The predicted molar refractivity (Wildman–Crippen MR) is 124 cm³/mol. The van der Waals surface area contributed by atoms with E-state index in [2.05, 4.69) is 67.9 Å². The third-order valence-electron chi connectivity index (χ3n) is 5.02. The molecule has 0 aliphatic rings. The van der Waals surface area contributed by atoms with Crippen LogP contribution in [0, 0.1) is 0 Å². The Morgan fingerprint density at radius 2 is 1.33 bits per heavy atom. The quantitative estimate of drug-likeness (QED) is 0.149. The summed E-state index contributed by atoms with van der Waals surface area (Å²) in [7, 11) is 6.55. The Hall–Kier alpha value is -0.960. The van der Waals surface area contributed by atoms with E-state index >= 15 is 0 Å². The molecule has 0 saturated carbocycles. The van der Waals surface area contributed by atoms with Crippen LogP contribution in [0.4, 0.5) is 0 Å². The summed E-state index contributed by atoms with van der Waals surface area (Å²) in [5.74, 6) is 1.04. The molecule has 0 saturated heterocycles. The lowest BCUT2D eigenvalue weighted by atomic mass is 10.1. The molecule has 2 nitrogen and oxygen atoms in total. The maximum Gasteiger partial charge on any atom is 0.308 e. The van der Waals surface area contributed by atoms with Gasteiger partial charge in [-0.05, 0) is 30.2 Å². The Balaban J connectivity index is 2.11. The first-order valence-corrected chi connectivity index (χ1v) is 12.1. The van der Waals surface area contributed by atoms with Gasteiger partial charge < -0.3 is 0 Å². The minimum atomic E-state index is 1.04. The highest BCUT2D eigenvalue weighted by atomic mass is 32.2. The van der Waals surface area contributed by atoms with E-state index in [9.17, 15) is 0 Å². The molecule has 0 unspecified atom stereocenters. The Bertz CT molecular complexity index is 494. The maximum absolute atomic E-state index is 2.43. The fraction of sp³-hybridized carbons (Fsp3) is 0.708. The second kappa shape index (κ2) is 16.0. The lowest BCUT2D eigenvalue weighted by molar-refractivity contribution is -0.466. The number of amidine groups is 1. The zero-order chi connectivity index (χ0) is 19.7. The van der Waals surface area contributed by atoms with Gasteiger partial charge in [0.2, 0.25) is 0 Å². The van der Waals surface area contributed by atoms with Crippen LogP contribution in [0.1, 0.15) is 83.1 Å². The van der Waals surface area contributed by atoms with Gasteiger partial charge in [0.25, 0.3) is 0 Å². The van der Waals surface area contributed by atoms with Gasteiger partial charge in [-0.15, -0.1) is 0 Å². The van der Waals surface area contributed by atoms with Crippen LogP contribution in [-0.4, -0.2) is 42.3 Å². The summed E-state index contributed by atoms with van der Waals surface area (Å²) in [5, 5.41) is 1.37. The summed E-state index contributed by atoms with van der Waals surface area (Å²) in [4.78, 5) is 2.43. The zero-order valence-corrected chi connectivity index (χ0v) is 19.2. The molecule has 27 heavy (non-hydrogen) atoms. The van der Waals surface area contributed by atoms with Crippen molar-refractivity contribution in [3.8, 4) is 0 Å². The number of hydrogen-bond acceptors (Lipinski definition) is 1. The van der Waals surface area contributed by atoms with Gasteiger partial charge in [0, 0.05) is 5.75 Å². The lowest BCUT2D eigenvalue weighted by Gasteiger charge is -2.15. The van der Waals surface area contributed by atoms with E-state index < -0.39 is 0 Å². The topological polar surface area (TPSA) is 6.25 Å². The van der Waals surface area contributed by atoms with Crippen LogP contribution in [-0.2, 0) is 5.75 Å². The molecule has 3 heteroatoms. The minimum Gasteiger partial charge on any atom is -0.262 e. The van der Waals surface area contributed by atoms with Crippen molar-refractivity contribution in [3.63, 3.8) is 0 Å². The molecule has 1 rings (SSSR count). The largest absolute Gasteiger partial charge is 0.308 e. The Morgan fingerprint density at radius 3 is 1.85 bits per heavy atom. The van der Waals surface area contributed by atoms with Crippen LogP contribution in [0.25, 0.3) is 0 Å². The molecule has 0 heterocycles. The lowest BCUT2D eigenvalue weighted by Crippen LogP contribution is -2.31. The number of rotatable bonds is 14. The number of benzene rings is 1. The van der Waals surface area contributed by atoms with Crippen LogP contribution >= 0.6 is 11.8 Å². The summed E-state index contributed by atoms with van der Waals surface area (Å²) in [5.41, 5.74) is 1.39. The van der Waals surface area contributed by atoms with Crippen molar-refractivity contribution >= 4 is 16.9 Å². The van der Waals surface area contributed by atoms with Crippen LogP contribution in [0.2, 0.25) is 0 Å². The maximum atomic E-state index is 2.43. The average Bonchev–Trinajstić information content (AvgIpc) is 2.67. The fourth-order valence-electron chi connectivity index (χ4n) is 3.41. The summed E-state index contributed by atoms with van der Waals surface area (Å²) in [6, 6.07) is 10.8. The van der Waals surface area contributed by atoms with Gasteiger partial charge in [-0.1, -0.05) is 95.0 Å². The van der Waals surface area contributed by atoms with Crippen molar-refractivity contribution in [1.29, 1.82) is 0 Å². The minimum absolute atomic E-state index is 1.04. The second-order valence-electron chi connectivity index (χ2n) is 7.91. The van der Waals surface area contributed by atoms with E-state index in [0.717, 1.165) is 12.3 Å². The van der Waals surface area contributed by atoms with Gasteiger partial charge in [-0.25, -0.2) is 0 Å². The molecule has 0 aromatic heterocycles. The van der Waals surface area contributed by atoms with Crippen LogP contribution in [0.3, 0.4) is 0 Å². The Kier molecular flexibility index (Phi) is 14.3. The van der Waals surface area contributed by atoms with E-state index in [0.29, 0.717) is 0 Å². The molecule has 0 bridgehead atoms. The first kappa shape index (κ1) is 24.1. The van der Waals surface area contributed by atoms with Gasteiger partial charge in [0.1, 0.15) is 0 Å². The highest BCUT2D eigenvalue weighted by molar-refractivity contribution is 8.12. The summed E-state index contributed by atoms with van der Waals surface area (Å²) >= 11 is 1.94. The van der Waals surface area contributed by atoms with E-state index in [1.54, 1.807) is 0 Å². The van der Waals surface area contributed by atoms with Crippen molar-refractivity contribution < 1.29 is 4.58 Å². The molecule has 0 aliphatic heterocycles. The molecule has 1 aromatic rings. The van der Waals surface area contributed by atoms with Gasteiger partial charge in [-0.2, -0.15) is 0 Å². The molecule has 0 N–H and O–H groups in total. The number of unbranched alkanes of at least 4 members (excludes halogenated alkanes) is 10. The van der Waals surface area contributed by atoms with Crippen LogP contribution in [0.5, 0.6) is 0 Å². The molecular formula is C24H43N2S+. The summed E-state index contributed by atoms with van der Waals surface area (Å²) in [6.45, 7) is 3.45.